The van der Waals surface area contributed by atoms with Gasteiger partial charge in [-0.25, -0.2) is 20.0 Å². The largest absolute Gasteiger partial charge is 0.288 e. The number of carbonyl (C=O) groups is 1. The van der Waals surface area contributed by atoms with Crippen LogP contribution in [0.2, 0.25) is 0 Å². The van der Waals surface area contributed by atoms with Gasteiger partial charge in [0, 0.05) is 46.1 Å². The van der Waals surface area contributed by atoms with Gasteiger partial charge in [0.2, 0.25) is 0 Å². The lowest BCUT2D eigenvalue weighted by Gasteiger charge is -2.18. The van der Waals surface area contributed by atoms with Crippen LogP contribution in [-0.2, 0) is 10.5 Å². The lowest BCUT2D eigenvalue weighted by molar-refractivity contribution is -0.109. The summed E-state index contributed by atoms with van der Waals surface area (Å²) >= 11 is 1.31. The molecule has 0 aliphatic carbocycles. The molecule has 0 unspecified atom stereocenters. The van der Waals surface area contributed by atoms with Crippen LogP contribution < -0.4 is 0 Å². The molecule has 0 saturated carbocycles. The summed E-state index contributed by atoms with van der Waals surface area (Å²) in [5, 5.41) is 0.113. The number of thioether (sulfide) groups is 1. The average molecular weight is 927 g/mol. The topological polar surface area (TPSA) is 66.5 Å². The number of nitrogens with zero attached hydrogens (tertiary/aromatic N) is 4. The summed E-state index contributed by atoms with van der Waals surface area (Å²) in [4.78, 5) is 33.8. The molecule has 5 nitrogen and oxygen atoms in total. The minimum absolute atomic E-state index is 0.113. The van der Waals surface area contributed by atoms with Crippen molar-refractivity contribution >= 4 is 62.0 Å². The van der Waals surface area contributed by atoms with E-state index in [2.05, 4.69) is 183 Å². The second-order valence-electron chi connectivity index (χ2n) is 19.0. The van der Waals surface area contributed by atoms with E-state index in [9.17, 15) is 4.79 Å². The van der Waals surface area contributed by atoms with Gasteiger partial charge in [-0.15, -0.1) is 0 Å². The molecule has 0 amide bonds. The average Bonchev–Trinajstić information content (AvgIpc) is 4.16. The smallest absolute Gasteiger partial charge is 0.186 e. The van der Waals surface area contributed by atoms with Crippen LogP contribution in [0.5, 0.6) is 0 Å². The zero-order valence-electron chi connectivity index (χ0n) is 41.5. The molecule has 0 N–H and O–H groups in total. The molecule has 0 aromatic heterocycles. The van der Waals surface area contributed by atoms with Crippen molar-refractivity contribution in [1.29, 1.82) is 0 Å². The van der Waals surface area contributed by atoms with Crippen LogP contribution in [0.15, 0.2) is 176 Å². The van der Waals surface area contributed by atoms with E-state index in [4.69, 9.17) is 20.0 Å². The van der Waals surface area contributed by atoms with Crippen molar-refractivity contribution in [3.05, 3.63) is 245 Å². The van der Waals surface area contributed by atoms with E-state index in [1.54, 1.807) is 6.92 Å². The molecule has 0 spiro atoms. The molecular weight excluding hydrogens is 873 g/mol. The maximum absolute atomic E-state index is 11.5. The van der Waals surface area contributed by atoms with Crippen molar-refractivity contribution < 1.29 is 4.79 Å². The lowest BCUT2D eigenvalue weighted by atomic mass is 9.89. The summed E-state index contributed by atoms with van der Waals surface area (Å²) in [5.74, 6) is 7.36. The molecule has 342 valence electrons. The van der Waals surface area contributed by atoms with Crippen LogP contribution in [0.25, 0.3) is 22.3 Å². The first-order chi connectivity index (χ1) is 33.7. The summed E-state index contributed by atoms with van der Waals surface area (Å²) in [6, 6.07) is 30.0. The molecule has 0 saturated heterocycles. The quantitative estimate of drug-likeness (QED) is 0.159. The zero-order valence-corrected chi connectivity index (χ0v) is 42.3. The number of rotatable bonds is 6. The SMILES string of the molecule is CC(=O)SCc1ccc(C#Cc2ccc(C3=C4C=CC(=N4)C(c4c(C)cc(C)cc4C)=C4C=CC(=N4)C(c4c(C)cc(C)cc4C)=C4C=CC(=N4)C(c4c(C)cc(C)cc4C)=C4C=CC3=N4)cc2)cc1. The molecule has 0 radical (unpaired) electrons. The van der Waals surface area contributed by atoms with Gasteiger partial charge in [-0.3, -0.25) is 4.79 Å². The Morgan fingerprint density at radius 2 is 0.714 bits per heavy atom. The monoisotopic (exact) mass is 926 g/mol. The summed E-state index contributed by atoms with van der Waals surface area (Å²) in [6.07, 6.45) is 17.2. The summed E-state index contributed by atoms with van der Waals surface area (Å²) in [6.45, 7) is 21.2. The fourth-order valence-corrected chi connectivity index (χ4v) is 11.2. The number of hydrogen-bond donors (Lipinski definition) is 0. The zero-order chi connectivity index (χ0) is 49.0. The van der Waals surface area contributed by atoms with E-state index < -0.39 is 0 Å². The van der Waals surface area contributed by atoms with Crippen molar-refractivity contribution in [2.45, 2.75) is 75.0 Å². The number of benzene rings is 5. The molecule has 5 heterocycles. The number of fused-ring (bicyclic) bond motifs is 4. The Hall–Kier alpha value is -7.72. The molecule has 8 bridgehead atoms. The van der Waals surface area contributed by atoms with Gasteiger partial charge in [-0.2, -0.15) is 0 Å². The number of hydrogen-bond acceptors (Lipinski definition) is 6. The van der Waals surface area contributed by atoms with Crippen molar-refractivity contribution in [3.8, 4) is 11.8 Å². The van der Waals surface area contributed by atoms with Crippen LogP contribution in [0.3, 0.4) is 0 Å². The second-order valence-corrected chi connectivity index (χ2v) is 20.1. The highest BCUT2D eigenvalue weighted by molar-refractivity contribution is 8.12. The molecule has 5 aromatic carbocycles. The standard InChI is InChI=1S/C64H54N4OS/c1-36-29-39(4)58(40(5)30-36)62-52-23-21-50(65-52)61(49-19-17-47(18-20-49)12-11-46-13-15-48(16-14-46)35-70-45(10)69)51-22-24-53(66-51)63(59-41(6)31-37(2)32-42(59)7)55-26-28-57(68-55)64(56-27-25-54(62)67-56)60-43(8)33-38(3)34-44(60)9/h13-34H,35H2,1-10H3. The maximum Gasteiger partial charge on any atom is 0.186 e. The van der Waals surface area contributed by atoms with Gasteiger partial charge in [0.1, 0.15) is 0 Å². The first-order valence-electron chi connectivity index (χ1n) is 23.8. The van der Waals surface area contributed by atoms with Gasteiger partial charge in [0.25, 0.3) is 0 Å². The Morgan fingerprint density at radius 3 is 1.04 bits per heavy atom. The Balaban J connectivity index is 1.21. The molecule has 70 heavy (non-hydrogen) atoms. The highest BCUT2D eigenvalue weighted by Gasteiger charge is 2.30. The lowest BCUT2D eigenvalue weighted by Crippen LogP contribution is -2.07. The van der Waals surface area contributed by atoms with Crippen molar-refractivity contribution in [2.75, 3.05) is 0 Å². The van der Waals surface area contributed by atoms with E-state index >= 15 is 0 Å². The van der Waals surface area contributed by atoms with E-state index in [1.165, 1.54) is 61.8 Å². The number of aliphatic imine (C=N–C) groups is 4. The summed E-state index contributed by atoms with van der Waals surface area (Å²) < 4.78 is 0. The van der Waals surface area contributed by atoms with E-state index in [1.807, 2.05) is 24.3 Å². The van der Waals surface area contributed by atoms with Gasteiger partial charge >= 0.3 is 0 Å². The highest BCUT2D eigenvalue weighted by Crippen LogP contribution is 2.42. The van der Waals surface area contributed by atoms with E-state index in [0.29, 0.717) is 5.75 Å². The normalized spacial score (nSPS) is 15.8. The van der Waals surface area contributed by atoms with Crippen LogP contribution >= 0.6 is 11.8 Å². The van der Waals surface area contributed by atoms with Crippen molar-refractivity contribution in [2.24, 2.45) is 20.0 Å². The molecule has 5 aliphatic rings. The third-order valence-corrected chi connectivity index (χ3v) is 14.2. The van der Waals surface area contributed by atoms with Gasteiger partial charge in [0.15, 0.2) is 5.12 Å². The minimum Gasteiger partial charge on any atom is -0.288 e. The van der Waals surface area contributed by atoms with E-state index in [-0.39, 0.29) is 5.12 Å². The molecule has 5 aliphatic heterocycles. The maximum atomic E-state index is 11.5. The molecule has 0 fully saturated rings. The predicted molar refractivity (Wildman–Crippen MR) is 297 cm³/mol. The van der Waals surface area contributed by atoms with Gasteiger partial charge in [-0.05, 0) is 196 Å². The van der Waals surface area contributed by atoms with E-state index in [0.717, 1.165) is 107 Å². The highest BCUT2D eigenvalue weighted by atomic mass is 32.2. The molecule has 6 heteroatoms. The Kier molecular flexibility index (Phi) is 12.3. The molecule has 5 aromatic rings. The van der Waals surface area contributed by atoms with Crippen LogP contribution in [0.1, 0.15) is 95.9 Å². The summed E-state index contributed by atoms with van der Waals surface area (Å²) in [7, 11) is 0. The number of allylic oxidation sites excluding steroid dienone is 12. The number of aryl methyl sites for hydroxylation is 9. The Morgan fingerprint density at radius 1 is 0.414 bits per heavy atom. The first-order valence-corrected chi connectivity index (χ1v) is 24.8. The Labute approximate surface area is 416 Å². The fraction of sp³-hybridized carbons (Fsp3) is 0.172. The first kappa shape index (κ1) is 46.0. The molecule has 0 atom stereocenters. The predicted octanol–water partition coefficient (Wildman–Crippen LogP) is 14.6. The van der Waals surface area contributed by atoms with Crippen LogP contribution in [-0.4, -0.2) is 28.0 Å². The van der Waals surface area contributed by atoms with Gasteiger partial charge in [-0.1, -0.05) is 101 Å². The number of carbonyl (C=O) groups excluding carboxylic acids is 1. The summed E-state index contributed by atoms with van der Waals surface area (Å²) in [5.41, 5.74) is 28.6. The molecule has 10 rings (SSSR count). The van der Waals surface area contributed by atoms with Gasteiger partial charge < -0.3 is 0 Å². The van der Waals surface area contributed by atoms with Crippen LogP contribution in [0, 0.1) is 74.2 Å². The van der Waals surface area contributed by atoms with Crippen LogP contribution in [0.4, 0.5) is 0 Å². The van der Waals surface area contributed by atoms with Gasteiger partial charge in [0.05, 0.1) is 45.6 Å². The second kappa shape index (κ2) is 18.6. The molecular formula is C64H54N4OS. The fourth-order valence-electron chi connectivity index (χ4n) is 10.6. The third-order valence-electron chi connectivity index (χ3n) is 13.3. The van der Waals surface area contributed by atoms with Crippen molar-refractivity contribution in [3.63, 3.8) is 0 Å². The Bertz CT molecular complexity index is 3490. The van der Waals surface area contributed by atoms with Crippen molar-refractivity contribution in [1.82, 2.24) is 0 Å². The third kappa shape index (κ3) is 8.90. The minimum atomic E-state index is 0.113.